The van der Waals surface area contributed by atoms with E-state index in [2.05, 4.69) is 69.4 Å². The SMILES string of the molecule is CCCCCCC/C=C\C/C=C\C/C=C\CCCCCCCCCCCCC(=O)OC(COC(=O)CCCCCCC/C=C\CCCCCCC)COC(=O)CCCCCCCCCCCCCCCCCCCCCCCCCCCC. The van der Waals surface area contributed by atoms with Crippen molar-refractivity contribution in [3.8, 4) is 0 Å². The van der Waals surface area contributed by atoms with Crippen LogP contribution in [0.2, 0.25) is 0 Å². The van der Waals surface area contributed by atoms with Crippen LogP contribution < -0.4 is 0 Å². The van der Waals surface area contributed by atoms with Gasteiger partial charge in [0.25, 0.3) is 0 Å². The Balaban J connectivity index is 4.25. The van der Waals surface area contributed by atoms with Crippen molar-refractivity contribution in [3.05, 3.63) is 48.6 Å². The second-order valence-corrected chi connectivity index (χ2v) is 25.2. The largest absolute Gasteiger partial charge is 0.462 e. The highest BCUT2D eigenvalue weighted by Crippen LogP contribution is 2.19. The highest BCUT2D eigenvalue weighted by molar-refractivity contribution is 5.71. The van der Waals surface area contributed by atoms with Crippen LogP contribution in [0, 0.1) is 0 Å². The lowest BCUT2D eigenvalue weighted by atomic mass is 10.0. The van der Waals surface area contributed by atoms with Crippen LogP contribution in [0.15, 0.2) is 48.6 Å². The average molecular weight is 1160 g/mol. The molecule has 0 bridgehead atoms. The zero-order valence-corrected chi connectivity index (χ0v) is 56.0. The molecule has 1 unspecified atom stereocenters. The monoisotopic (exact) mass is 1160 g/mol. The molecular weight excluding hydrogens is 1020 g/mol. The van der Waals surface area contributed by atoms with Gasteiger partial charge in [-0.05, 0) is 83.5 Å². The summed E-state index contributed by atoms with van der Waals surface area (Å²) in [6.45, 7) is 6.68. The summed E-state index contributed by atoms with van der Waals surface area (Å²) in [5.41, 5.74) is 0. The van der Waals surface area contributed by atoms with Gasteiger partial charge in [-0.1, -0.05) is 352 Å². The number of esters is 3. The number of unbranched alkanes of at least 4 members (excludes halogenated alkanes) is 50. The van der Waals surface area contributed by atoms with Crippen LogP contribution >= 0.6 is 0 Å². The van der Waals surface area contributed by atoms with E-state index in [1.54, 1.807) is 0 Å². The molecule has 0 heterocycles. The predicted molar refractivity (Wildman–Crippen MR) is 362 cm³/mol. The number of carbonyl (C=O) groups excluding carboxylic acids is 3. The van der Waals surface area contributed by atoms with Crippen molar-refractivity contribution in [2.45, 2.75) is 412 Å². The van der Waals surface area contributed by atoms with E-state index in [1.807, 2.05) is 0 Å². The summed E-state index contributed by atoms with van der Waals surface area (Å²) in [7, 11) is 0. The molecule has 0 aromatic carbocycles. The molecule has 0 spiro atoms. The number of hydrogen-bond acceptors (Lipinski definition) is 6. The van der Waals surface area contributed by atoms with Crippen molar-refractivity contribution in [1.82, 2.24) is 0 Å². The van der Waals surface area contributed by atoms with Gasteiger partial charge in [0.05, 0.1) is 0 Å². The highest BCUT2D eigenvalue weighted by atomic mass is 16.6. The summed E-state index contributed by atoms with van der Waals surface area (Å²) in [6.07, 6.45) is 91.5. The van der Waals surface area contributed by atoms with Gasteiger partial charge in [-0.25, -0.2) is 0 Å². The van der Waals surface area contributed by atoms with Crippen LogP contribution in [-0.2, 0) is 28.6 Å². The third-order valence-electron chi connectivity index (χ3n) is 16.8. The molecule has 6 heteroatoms. The van der Waals surface area contributed by atoms with Crippen molar-refractivity contribution < 1.29 is 28.6 Å². The van der Waals surface area contributed by atoms with Crippen molar-refractivity contribution in [2.75, 3.05) is 13.2 Å². The zero-order valence-electron chi connectivity index (χ0n) is 56.0. The van der Waals surface area contributed by atoms with E-state index >= 15 is 0 Å². The minimum absolute atomic E-state index is 0.0728. The molecule has 0 N–H and O–H groups in total. The molecule has 0 radical (unpaired) electrons. The summed E-state index contributed by atoms with van der Waals surface area (Å²) in [5.74, 6) is -0.858. The van der Waals surface area contributed by atoms with Crippen molar-refractivity contribution in [3.63, 3.8) is 0 Å². The standard InChI is InChI=1S/C77H142O6/c1-4-7-10-13-16-19-22-25-28-30-32-34-36-38-40-41-43-45-47-49-52-55-58-61-64-67-70-76(79)82-73-74(72-81-75(78)69-66-63-60-57-54-51-27-24-21-18-15-12-9-6-3)83-77(80)71-68-65-62-59-56-53-50-48-46-44-42-39-37-35-33-31-29-26-23-20-17-14-11-8-5-2/h23-24,26-27,31,33,37,39,74H,4-22,25,28-30,32,34-36,38,40-73H2,1-3H3/b26-23-,27-24-,33-31-,39-37-. The summed E-state index contributed by atoms with van der Waals surface area (Å²) < 4.78 is 17.0. The third kappa shape index (κ3) is 70.0. The Kier molecular flexibility index (Phi) is 69.6. The van der Waals surface area contributed by atoms with Crippen molar-refractivity contribution >= 4 is 17.9 Å². The summed E-state index contributed by atoms with van der Waals surface area (Å²) >= 11 is 0. The van der Waals surface area contributed by atoms with Crippen LogP contribution in [0.25, 0.3) is 0 Å². The quantitative estimate of drug-likeness (QED) is 0.0261. The van der Waals surface area contributed by atoms with E-state index in [4.69, 9.17) is 14.2 Å². The Morgan fingerprint density at radius 1 is 0.241 bits per heavy atom. The molecule has 0 fully saturated rings. The number of carbonyl (C=O) groups is 3. The maximum absolute atomic E-state index is 13.0. The van der Waals surface area contributed by atoms with Crippen LogP contribution in [-0.4, -0.2) is 37.2 Å². The average Bonchev–Trinajstić information content (AvgIpc) is 3.49. The first-order chi connectivity index (χ1) is 41.0. The molecule has 83 heavy (non-hydrogen) atoms. The van der Waals surface area contributed by atoms with Gasteiger partial charge < -0.3 is 14.2 Å². The van der Waals surface area contributed by atoms with Gasteiger partial charge in [0.1, 0.15) is 13.2 Å². The fraction of sp³-hybridized carbons (Fsp3) is 0.857. The molecule has 0 saturated carbocycles. The molecule has 0 aromatic heterocycles. The first kappa shape index (κ1) is 80.4. The first-order valence-electron chi connectivity index (χ1n) is 37.1. The fourth-order valence-corrected chi connectivity index (χ4v) is 11.2. The van der Waals surface area contributed by atoms with Crippen LogP contribution in [0.5, 0.6) is 0 Å². The number of ether oxygens (including phenoxy) is 3. The smallest absolute Gasteiger partial charge is 0.306 e. The Morgan fingerprint density at radius 3 is 0.687 bits per heavy atom. The molecule has 0 aliphatic carbocycles. The second-order valence-electron chi connectivity index (χ2n) is 25.2. The zero-order chi connectivity index (χ0) is 59.9. The molecule has 0 rings (SSSR count). The van der Waals surface area contributed by atoms with Crippen LogP contribution in [0.3, 0.4) is 0 Å². The summed E-state index contributed by atoms with van der Waals surface area (Å²) in [6, 6.07) is 0. The Bertz CT molecular complexity index is 1430. The lowest BCUT2D eigenvalue weighted by Gasteiger charge is -2.18. The van der Waals surface area contributed by atoms with E-state index < -0.39 is 6.10 Å². The number of allylic oxidation sites excluding steroid dienone is 8. The fourth-order valence-electron chi connectivity index (χ4n) is 11.2. The molecule has 0 amide bonds. The second kappa shape index (κ2) is 71.8. The van der Waals surface area contributed by atoms with E-state index in [1.165, 1.54) is 289 Å². The number of rotatable bonds is 69. The molecule has 0 aliphatic rings. The predicted octanol–water partition coefficient (Wildman–Crippen LogP) is 25.7. The lowest BCUT2D eigenvalue weighted by molar-refractivity contribution is -0.167. The van der Waals surface area contributed by atoms with Gasteiger partial charge in [0, 0.05) is 19.3 Å². The first-order valence-corrected chi connectivity index (χ1v) is 37.1. The third-order valence-corrected chi connectivity index (χ3v) is 16.8. The van der Waals surface area contributed by atoms with E-state index in [0.717, 1.165) is 77.0 Å². The van der Waals surface area contributed by atoms with E-state index in [-0.39, 0.29) is 31.1 Å². The summed E-state index contributed by atoms with van der Waals surface area (Å²) in [4.78, 5) is 38.5. The molecule has 0 saturated heterocycles. The molecule has 0 aromatic rings. The Labute approximate surface area is 518 Å². The van der Waals surface area contributed by atoms with Crippen LogP contribution in [0.4, 0.5) is 0 Å². The maximum Gasteiger partial charge on any atom is 0.306 e. The van der Waals surface area contributed by atoms with Crippen molar-refractivity contribution in [1.29, 1.82) is 0 Å². The van der Waals surface area contributed by atoms with Gasteiger partial charge in [-0.15, -0.1) is 0 Å². The molecule has 6 nitrogen and oxygen atoms in total. The minimum atomic E-state index is -0.779. The summed E-state index contributed by atoms with van der Waals surface area (Å²) in [5, 5.41) is 0. The van der Waals surface area contributed by atoms with Gasteiger partial charge in [0.15, 0.2) is 6.10 Å². The minimum Gasteiger partial charge on any atom is -0.462 e. The van der Waals surface area contributed by atoms with E-state index in [0.29, 0.717) is 19.3 Å². The highest BCUT2D eigenvalue weighted by Gasteiger charge is 2.19. The maximum atomic E-state index is 13.0. The molecule has 486 valence electrons. The number of hydrogen-bond donors (Lipinski definition) is 0. The topological polar surface area (TPSA) is 78.9 Å². The van der Waals surface area contributed by atoms with E-state index in [9.17, 15) is 14.4 Å². The Hall–Kier alpha value is -2.63. The van der Waals surface area contributed by atoms with Gasteiger partial charge >= 0.3 is 17.9 Å². The Morgan fingerprint density at radius 2 is 0.434 bits per heavy atom. The molecular formula is C77H142O6. The van der Waals surface area contributed by atoms with Gasteiger partial charge in [-0.2, -0.15) is 0 Å². The molecule has 1 atom stereocenters. The van der Waals surface area contributed by atoms with Crippen LogP contribution in [0.1, 0.15) is 406 Å². The van der Waals surface area contributed by atoms with Gasteiger partial charge in [-0.3, -0.25) is 14.4 Å². The van der Waals surface area contributed by atoms with Gasteiger partial charge in [0.2, 0.25) is 0 Å². The lowest BCUT2D eigenvalue weighted by Crippen LogP contribution is -2.30. The molecule has 0 aliphatic heterocycles. The normalized spacial score (nSPS) is 12.3. The van der Waals surface area contributed by atoms with Crippen molar-refractivity contribution in [2.24, 2.45) is 0 Å².